The molecule has 2 saturated heterocycles. The summed E-state index contributed by atoms with van der Waals surface area (Å²) >= 11 is 0. The summed E-state index contributed by atoms with van der Waals surface area (Å²) in [4.78, 5) is 31.8. The average Bonchev–Trinajstić information content (AvgIpc) is 3.33. The van der Waals surface area contributed by atoms with Crippen molar-refractivity contribution in [1.82, 2.24) is 9.21 Å². The number of carbonyl (C=O) groups is 2. The van der Waals surface area contributed by atoms with Crippen molar-refractivity contribution in [3.8, 4) is 0 Å². The number of piperidine rings is 1. The molecule has 0 aromatic heterocycles. The molecule has 0 unspecified atom stereocenters. The molecular weight excluding hydrogens is 416 g/mol. The minimum atomic E-state index is -3.62. The molecule has 2 fully saturated rings. The highest BCUT2D eigenvalue weighted by Gasteiger charge is 2.41. The highest BCUT2D eigenvalue weighted by atomic mass is 32.2. The van der Waals surface area contributed by atoms with E-state index < -0.39 is 10.0 Å². The fourth-order valence-electron chi connectivity index (χ4n) is 4.95. The highest BCUT2D eigenvalue weighted by Crippen LogP contribution is 2.41. The van der Waals surface area contributed by atoms with Gasteiger partial charge in [0.15, 0.2) is 0 Å². The van der Waals surface area contributed by atoms with Crippen molar-refractivity contribution in [1.29, 1.82) is 0 Å². The van der Waals surface area contributed by atoms with Crippen LogP contribution in [0.2, 0.25) is 0 Å². The van der Waals surface area contributed by atoms with Gasteiger partial charge in [0.05, 0.1) is 16.3 Å². The van der Waals surface area contributed by atoms with Gasteiger partial charge in [-0.2, -0.15) is 4.31 Å². The van der Waals surface area contributed by atoms with Crippen LogP contribution in [0.5, 0.6) is 0 Å². The molecule has 4 rings (SSSR count). The topological polar surface area (TPSA) is 81.2 Å². The van der Waals surface area contributed by atoms with Gasteiger partial charge in [-0.15, -0.1) is 0 Å². The molecule has 0 saturated carbocycles. The second-order valence-corrected chi connectivity index (χ2v) is 10.4. The number of nitrogens with zero attached hydrogens (tertiary/aromatic N) is 4. The van der Waals surface area contributed by atoms with Gasteiger partial charge in [0, 0.05) is 32.7 Å². The Morgan fingerprint density at radius 1 is 1.03 bits per heavy atom. The smallest absolute Gasteiger partial charge is 0.250 e. The first-order chi connectivity index (χ1) is 14.9. The van der Waals surface area contributed by atoms with Gasteiger partial charge in [0.2, 0.25) is 21.8 Å². The van der Waals surface area contributed by atoms with Crippen molar-refractivity contribution in [3.05, 3.63) is 18.2 Å². The van der Waals surface area contributed by atoms with Gasteiger partial charge in [-0.05, 0) is 64.2 Å². The van der Waals surface area contributed by atoms with Crippen molar-refractivity contribution < 1.29 is 18.0 Å². The molecule has 3 aliphatic heterocycles. The lowest BCUT2D eigenvalue weighted by Gasteiger charge is -2.45. The first kappa shape index (κ1) is 22.1. The minimum absolute atomic E-state index is 0.0644. The number of likely N-dealkylation sites (N-methyl/N-ethyl adjacent to an activating group) is 1. The van der Waals surface area contributed by atoms with E-state index in [2.05, 4.69) is 4.90 Å². The third-order valence-electron chi connectivity index (χ3n) is 6.71. The number of rotatable bonds is 6. The zero-order valence-electron chi connectivity index (χ0n) is 18.4. The maximum atomic E-state index is 13.4. The molecule has 0 aliphatic carbocycles. The van der Waals surface area contributed by atoms with Crippen LogP contribution in [-0.2, 0) is 19.6 Å². The van der Waals surface area contributed by atoms with Crippen LogP contribution in [0.15, 0.2) is 23.1 Å². The molecule has 3 heterocycles. The first-order valence-electron chi connectivity index (χ1n) is 11.4. The Labute approximate surface area is 184 Å². The van der Waals surface area contributed by atoms with E-state index in [1.807, 2.05) is 19.9 Å². The second kappa shape index (κ2) is 8.78. The zero-order valence-corrected chi connectivity index (χ0v) is 19.2. The molecule has 0 spiro atoms. The second-order valence-electron chi connectivity index (χ2n) is 8.46. The van der Waals surface area contributed by atoms with Gasteiger partial charge in [0.1, 0.15) is 12.6 Å². The van der Waals surface area contributed by atoms with Gasteiger partial charge >= 0.3 is 0 Å². The van der Waals surface area contributed by atoms with Gasteiger partial charge in [-0.25, -0.2) is 8.42 Å². The maximum absolute atomic E-state index is 13.4. The number of hydrogen-bond donors (Lipinski definition) is 0. The van der Waals surface area contributed by atoms with Crippen molar-refractivity contribution >= 4 is 33.2 Å². The van der Waals surface area contributed by atoms with Crippen molar-refractivity contribution in [2.75, 3.05) is 49.1 Å². The summed E-state index contributed by atoms with van der Waals surface area (Å²) in [6.07, 6.45) is 4.45. The van der Waals surface area contributed by atoms with E-state index in [4.69, 9.17) is 0 Å². The van der Waals surface area contributed by atoms with Gasteiger partial charge in [-0.1, -0.05) is 0 Å². The minimum Gasteiger partial charge on any atom is -0.358 e. The van der Waals surface area contributed by atoms with Gasteiger partial charge in [0.25, 0.3) is 0 Å². The summed E-state index contributed by atoms with van der Waals surface area (Å²) in [5.74, 6) is -0.232. The molecular formula is C22H32N4O4S. The number of sulfonamides is 1. The number of carbonyl (C=O) groups excluding carboxylic acids is 2. The fourth-order valence-corrected chi connectivity index (χ4v) is 6.49. The molecule has 0 bridgehead atoms. The van der Waals surface area contributed by atoms with Crippen LogP contribution in [0.4, 0.5) is 11.4 Å². The van der Waals surface area contributed by atoms with Crippen LogP contribution in [0.1, 0.15) is 46.0 Å². The summed E-state index contributed by atoms with van der Waals surface area (Å²) in [7, 11) is -3.62. The summed E-state index contributed by atoms with van der Waals surface area (Å²) in [6.45, 7) is 6.72. The summed E-state index contributed by atoms with van der Waals surface area (Å²) < 4.78 is 27.8. The monoisotopic (exact) mass is 448 g/mol. The lowest BCUT2D eigenvalue weighted by molar-refractivity contribution is -0.131. The van der Waals surface area contributed by atoms with Crippen LogP contribution in [0, 0.1) is 0 Å². The predicted octanol–water partition coefficient (Wildman–Crippen LogP) is 2.04. The summed E-state index contributed by atoms with van der Waals surface area (Å²) in [5.41, 5.74) is 1.38. The standard InChI is InChI=1S/C22H32N4O4S/c1-3-23(4-2)21(27)16-26-20-15-17(31(29,30)24-12-7-8-13-24)10-11-18(20)25-14-6-5-9-19(25)22(26)28/h10-11,15,19H,3-9,12-14,16H2,1-2H3/t19-/m0/s1. The lowest BCUT2D eigenvalue weighted by Crippen LogP contribution is -2.57. The highest BCUT2D eigenvalue weighted by molar-refractivity contribution is 7.89. The Bertz CT molecular complexity index is 954. The molecule has 1 aromatic rings. The number of amides is 2. The van der Waals surface area contributed by atoms with Gasteiger partial charge in [-0.3, -0.25) is 14.5 Å². The molecule has 9 heteroatoms. The molecule has 1 atom stereocenters. The fraction of sp³-hybridized carbons (Fsp3) is 0.636. The summed E-state index contributed by atoms with van der Waals surface area (Å²) in [5, 5.41) is 0. The molecule has 8 nitrogen and oxygen atoms in total. The number of fused-ring (bicyclic) bond motifs is 3. The van der Waals surface area contributed by atoms with E-state index in [1.54, 1.807) is 17.0 Å². The number of hydrogen-bond acceptors (Lipinski definition) is 5. The van der Waals surface area contributed by atoms with Crippen LogP contribution >= 0.6 is 0 Å². The molecule has 0 N–H and O–H groups in total. The van der Waals surface area contributed by atoms with Crippen LogP contribution in [0.3, 0.4) is 0 Å². The molecule has 3 aliphatic rings. The van der Waals surface area contributed by atoms with E-state index >= 15 is 0 Å². The Morgan fingerprint density at radius 3 is 2.39 bits per heavy atom. The maximum Gasteiger partial charge on any atom is 0.250 e. The van der Waals surface area contributed by atoms with E-state index in [0.29, 0.717) is 31.9 Å². The normalized spacial score (nSPS) is 21.7. The number of anilines is 2. The lowest BCUT2D eigenvalue weighted by atomic mass is 9.96. The van der Waals surface area contributed by atoms with E-state index in [0.717, 1.165) is 44.3 Å². The predicted molar refractivity (Wildman–Crippen MR) is 120 cm³/mol. The summed E-state index contributed by atoms with van der Waals surface area (Å²) in [6, 6.07) is 4.78. The van der Waals surface area contributed by atoms with Gasteiger partial charge < -0.3 is 9.80 Å². The van der Waals surface area contributed by atoms with Crippen LogP contribution < -0.4 is 9.80 Å². The third kappa shape index (κ3) is 3.93. The van der Waals surface area contributed by atoms with Crippen LogP contribution in [0.25, 0.3) is 0 Å². The first-order valence-corrected chi connectivity index (χ1v) is 12.8. The van der Waals surface area contributed by atoms with E-state index in [1.165, 1.54) is 9.21 Å². The molecule has 31 heavy (non-hydrogen) atoms. The molecule has 1 aromatic carbocycles. The largest absolute Gasteiger partial charge is 0.358 e. The van der Waals surface area contributed by atoms with Crippen LogP contribution in [-0.4, -0.2) is 74.7 Å². The molecule has 170 valence electrons. The average molecular weight is 449 g/mol. The van der Waals surface area contributed by atoms with Crippen molar-refractivity contribution in [3.63, 3.8) is 0 Å². The Kier molecular flexibility index (Phi) is 6.25. The Hall–Kier alpha value is -2.13. The zero-order chi connectivity index (χ0) is 22.2. The van der Waals surface area contributed by atoms with E-state index in [9.17, 15) is 18.0 Å². The van der Waals surface area contributed by atoms with Crippen molar-refractivity contribution in [2.24, 2.45) is 0 Å². The number of benzene rings is 1. The molecule has 2 amide bonds. The Balaban J connectivity index is 1.75. The third-order valence-corrected chi connectivity index (χ3v) is 8.61. The SMILES string of the molecule is CCN(CC)C(=O)CN1C(=O)[C@@H]2CCCCN2c2ccc(S(=O)(=O)N3CCCC3)cc21. The van der Waals surface area contributed by atoms with Crippen molar-refractivity contribution in [2.45, 2.75) is 56.9 Å². The molecule has 0 radical (unpaired) electrons. The van der Waals surface area contributed by atoms with E-state index in [-0.39, 0.29) is 29.3 Å². The Morgan fingerprint density at radius 2 is 1.71 bits per heavy atom. The quantitative estimate of drug-likeness (QED) is 0.665.